The molecule has 0 aliphatic heterocycles. The molecule has 0 saturated carbocycles. The Morgan fingerprint density at radius 1 is 1.32 bits per heavy atom. The summed E-state index contributed by atoms with van der Waals surface area (Å²) in [5.41, 5.74) is 0.561. The molecule has 0 aliphatic carbocycles. The first-order chi connectivity index (χ1) is 9.13. The fraction of sp³-hybridized carbons (Fsp3) is 0.300. The van der Waals surface area contributed by atoms with Gasteiger partial charge in [0, 0.05) is 6.54 Å². The highest BCUT2D eigenvalue weighted by atomic mass is 32.2. The van der Waals surface area contributed by atoms with Crippen molar-refractivity contribution in [3.05, 3.63) is 30.1 Å². The Balaban J connectivity index is 2.19. The predicted molar refractivity (Wildman–Crippen MR) is 68.8 cm³/mol. The first kappa shape index (κ1) is 13.4. The molecule has 3 N–H and O–H groups in total. The number of para-hydroxylation sites is 1. The average molecular weight is 282 g/mol. The number of nitrogens with one attached hydrogen (secondary N) is 3. The Morgan fingerprint density at radius 3 is 2.79 bits per heavy atom. The van der Waals surface area contributed by atoms with Gasteiger partial charge in [-0.25, -0.2) is 13.1 Å². The highest BCUT2D eigenvalue weighted by molar-refractivity contribution is 7.89. The molecule has 0 fully saturated rings. The molecule has 8 nitrogen and oxygen atoms in total. The van der Waals surface area contributed by atoms with E-state index in [0.29, 0.717) is 12.2 Å². The lowest BCUT2D eigenvalue weighted by molar-refractivity contribution is 0.579. The maximum Gasteiger partial charge on any atom is 0.243 e. The zero-order valence-electron chi connectivity index (χ0n) is 10.3. The molecule has 2 aromatic rings. The molecule has 19 heavy (non-hydrogen) atoms. The van der Waals surface area contributed by atoms with Gasteiger partial charge in [-0.15, -0.1) is 10.2 Å². The van der Waals surface area contributed by atoms with Crippen molar-refractivity contribution < 1.29 is 8.42 Å². The van der Waals surface area contributed by atoms with Crippen LogP contribution in [0.2, 0.25) is 0 Å². The third-order valence-electron chi connectivity index (χ3n) is 2.35. The summed E-state index contributed by atoms with van der Waals surface area (Å²) in [6.45, 7) is 2.52. The van der Waals surface area contributed by atoms with Crippen molar-refractivity contribution in [2.24, 2.45) is 0 Å². The minimum atomic E-state index is -3.62. The standard InChI is InChI=1S/C10H14N6O2S/c1-2-11-8-5-3-4-6-9(8)19(17,18)12-7-10-13-15-16-14-10/h3-6,11-12H,2,7H2,1H3,(H,13,14,15,16). The van der Waals surface area contributed by atoms with Crippen LogP contribution in [0.1, 0.15) is 12.7 Å². The summed E-state index contributed by atoms with van der Waals surface area (Å²) in [5.74, 6) is 0.282. The largest absolute Gasteiger partial charge is 0.384 e. The van der Waals surface area contributed by atoms with E-state index in [1.54, 1.807) is 18.2 Å². The van der Waals surface area contributed by atoms with E-state index in [-0.39, 0.29) is 17.3 Å². The summed E-state index contributed by atoms with van der Waals surface area (Å²) in [5, 5.41) is 16.0. The molecule has 9 heteroatoms. The van der Waals surface area contributed by atoms with Gasteiger partial charge in [0.1, 0.15) is 4.90 Å². The molecule has 0 amide bonds. The van der Waals surface area contributed by atoms with Crippen LogP contribution >= 0.6 is 0 Å². The second-order valence-electron chi connectivity index (χ2n) is 3.68. The monoisotopic (exact) mass is 282 g/mol. The van der Waals surface area contributed by atoms with Crippen molar-refractivity contribution in [1.82, 2.24) is 25.3 Å². The number of rotatable bonds is 6. The van der Waals surface area contributed by atoms with Gasteiger partial charge in [0.2, 0.25) is 10.0 Å². The quantitative estimate of drug-likeness (QED) is 0.693. The van der Waals surface area contributed by atoms with Crippen molar-refractivity contribution in [2.45, 2.75) is 18.4 Å². The highest BCUT2D eigenvalue weighted by Gasteiger charge is 2.18. The van der Waals surface area contributed by atoms with Crippen LogP contribution < -0.4 is 10.0 Å². The molecule has 0 unspecified atom stereocenters. The van der Waals surface area contributed by atoms with Crippen LogP contribution in [0.4, 0.5) is 5.69 Å². The van der Waals surface area contributed by atoms with Gasteiger partial charge in [-0.2, -0.15) is 5.21 Å². The van der Waals surface area contributed by atoms with Gasteiger partial charge in [-0.05, 0) is 19.1 Å². The summed E-state index contributed by atoms with van der Waals surface area (Å²) in [6.07, 6.45) is 0. The average Bonchev–Trinajstić information content (AvgIpc) is 2.91. The van der Waals surface area contributed by atoms with Crippen molar-refractivity contribution in [1.29, 1.82) is 0 Å². The van der Waals surface area contributed by atoms with E-state index >= 15 is 0 Å². The Kier molecular flexibility index (Phi) is 4.07. The van der Waals surface area contributed by atoms with E-state index in [4.69, 9.17) is 0 Å². The number of hydrogen-bond acceptors (Lipinski definition) is 6. The normalized spacial score (nSPS) is 11.4. The Bertz CT molecular complexity index is 625. The lowest BCUT2D eigenvalue weighted by Gasteiger charge is -2.11. The van der Waals surface area contributed by atoms with Gasteiger partial charge in [0.25, 0.3) is 0 Å². The van der Waals surface area contributed by atoms with E-state index in [0.717, 1.165) is 0 Å². The van der Waals surface area contributed by atoms with E-state index in [9.17, 15) is 8.42 Å². The SMILES string of the molecule is CCNc1ccccc1S(=O)(=O)NCc1nn[nH]n1. The van der Waals surface area contributed by atoms with Crippen LogP contribution in [-0.4, -0.2) is 35.6 Å². The van der Waals surface area contributed by atoms with Crippen molar-refractivity contribution >= 4 is 15.7 Å². The third kappa shape index (κ3) is 3.26. The first-order valence-electron chi connectivity index (χ1n) is 5.68. The topological polar surface area (TPSA) is 113 Å². The summed E-state index contributed by atoms with van der Waals surface area (Å²) in [7, 11) is -3.62. The minimum absolute atomic E-state index is 0.0146. The number of hydrogen-bond donors (Lipinski definition) is 3. The van der Waals surface area contributed by atoms with Crippen molar-refractivity contribution in [2.75, 3.05) is 11.9 Å². The van der Waals surface area contributed by atoms with Gasteiger partial charge < -0.3 is 5.32 Å². The van der Waals surface area contributed by atoms with Gasteiger partial charge >= 0.3 is 0 Å². The second kappa shape index (κ2) is 5.76. The Labute approximate surface area is 110 Å². The van der Waals surface area contributed by atoms with Crippen LogP contribution in [0.5, 0.6) is 0 Å². The van der Waals surface area contributed by atoms with Gasteiger partial charge in [0.05, 0.1) is 12.2 Å². The maximum atomic E-state index is 12.2. The van der Waals surface area contributed by atoms with Gasteiger partial charge in [0.15, 0.2) is 5.82 Å². The third-order valence-corrected chi connectivity index (χ3v) is 3.81. The molecule has 0 radical (unpaired) electrons. The molecule has 102 valence electrons. The zero-order valence-corrected chi connectivity index (χ0v) is 11.1. The number of tetrazole rings is 1. The molecule has 0 saturated heterocycles. The first-order valence-corrected chi connectivity index (χ1v) is 7.16. The molecule has 0 bridgehead atoms. The molecule has 1 aromatic heterocycles. The van der Waals surface area contributed by atoms with E-state index in [1.165, 1.54) is 6.07 Å². The smallest absolute Gasteiger partial charge is 0.243 e. The van der Waals surface area contributed by atoms with Gasteiger partial charge in [-0.1, -0.05) is 17.3 Å². The van der Waals surface area contributed by atoms with Crippen LogP contribution in [0.25, 0.3) is 0 Å². The number of sulfonamides is 1. The minimum Gasteiger partial charge on any atom is -0.384 e. The number of nitrogens with zero attached hydrogens (tertiary/aromatic N) is 3. The number of aromatic nitrogens is 4. The Hall–Kier alpha value is -2.00. The van der Waals surface area contributed by atoms with E-state index < -0.39 is 10.0 Å². The van der Waals surface area contributed by atoms with Crippen molar-refractivity contribution in [3.63, 3.8) is 0 Å². The molecule has 1 heterocycles. The molecular weight excluding hydrogens is 268 g/mol. The summed E-state index contributed by atoms with van der Waals surface area (Å²) in [6, 6.07) is 6.70. The maximum absolute atomic E-state index is 12.2. The lowest BCUT2D eigenvalue weighted by Crippen LogP contribution is -2.24. The van der Waals surface area contributed by atoms with E-state index in [2.05, 4.69) is 30.7 Å². The molecule has 1 aromatic carbocycles. The summed E-state index contributed by atoms with van der Waals surface area (Å²) in [4.78, 5) is 0.195. The molecule has 0 spiro atoms. The summed E-state index contributed by atoms with van der Waals surface area (Å²) >= 11 is 0. The van der Waals surface area contributed by atoms with Crippen LogP contribution in [0.3, 0.4) is 0 Å². The number of aromatic amines is 1. The fourth-order valence-electron chi connectivity index (χ4n) is 1.53. The van der Waals surface area contributed by atoms with Crippen LogP contribution in [0.15, 0.2) is 29.2 Å². The van der Waals surface area contributed by atoms with Gasteiger partial charge in [-0.3, -0.25) is 0 Å². The molecular formula is C10H14N6O2S. The number of benzene rings is 1. The number of H-pyrrole nitrogens is 1. The Morgan fingerprint density at radius 2 is 2.11 bits per heavy atom. The fourth-order valence-corrected chi connectivity index (χ4v) is 2.69. The second-order valence-corrected chi connectivity index (χ2v) is 5.41. The predicted octanol–water partition coefficient (Wildman–Crippen LogP) is 0.110. The highest BCUT2D eigenvalue weighted by Crippen LogP contribution is 2.20. The summed E-state index contributed by atoms with van der Waals surface area (Å²) < 4.78 is 26.8. The zero-order chi connectivity index (χ0) is 13.7. The number of anilines is 1. The van der Waals surface area contributed by atoms with Crippen molar-refractivity contribution in [3.8, 4) is 0 Å². The lowest BCUT2D eigenvalue weighted by atomic mass is 10.3. The van der Waals surface area contributed by atoms with Crippen LogP contribution in [0, 0.1) is 0 Å². The molecule has 0 aliphatic rings. The van der Waals surface area contributed by atoms with E-state index in [1.807, 2.05) is 6.92 Å². The van der Waals surface area contributed by atoms with Crippen LogP contribution in [-0.2, 0) is 16.6 Å². The molecule has 0 atom stereocenters. The molecule has 2 rings (SSSR count).